The van der Waals surface area contributed by atoms with Crippen LogP contribution >= 0.6 is 0 Å². The first kappa shape index (κ1) is 16.3. The number of aromatic nitrogens is 1. The van der Waals surface area contributed by atoms with Crippen LogP contribution in [0.1, 0.15) is 15.9 Å². The maximum absolute atomic E-state index is 12.8. The molecule has 132 valence electrons. The lowest BCUT2D eigenvalue weighted by Gasteiger charge is -2.35. The average molecular weight is 350 g/mol. The molecule has 2 aliphatic rings. The minimum absolute atomic E-state index is 0.167. The summed E-state index contributed by atoms with van der Waals surface area (Å²) < 4.78 is 0. The number of pyridine rings is 1. The van der Waals surface area contributed by atoms with Gasteiger partial charge in [0.25, 0.3) is 11.8 Å². The van der Waals surface area contributed by atoms with Crippen molar-refractivity contribution in [1.29, 1.82) is 0 Å². The van der Waals surface area contributed by atoms with Gasteiger partial charge in [-0.05, 0) is 17.7 Å². The largest absolute Gasteiger partial charge is 0.334 e. The van der Waals surface area contributed by atoms with Crippen molar-refractivity contribution < 1.29 is 14.4 Å². The highest BCUT2D eigenvalue weighted by atomic mass is 16.2. The van der Waals surface area contributed by atoms with Gasteiger partial charge in [0.1, 0.15) is 6.04 Å². The van der Waals surface area contributed by atoms with Crippen LogP contribution < -0.4 is 0 Å². The van der Waals surface area contributed by atoms with Gasteiger partial charge in [-0.15, -0.1) is 0 Å². The van der Waals surface area contributed by atoms with Crippen LogP contribution in [-0.2, 0) is 11.3 Å². The first-order valence-corrected chi connectivity index (χ1v) is 8.50. The maximum Gasteiger partial charge on any atom is 0.327 e. The van der Waals surface area contributed by atoms with E-state index in [0.717, 1.165) is 5.56 Å². The molecule has 0 bridgehead atoms. The highest BCUT2D eigenvalue weighted by Crippen LogP contribution is 2.24. The van der Waals surface area contributed by atoms with Crippen LogP contribution in [0, 0.1) is 0 Å². The van der Waals surface area contributed by atoms with Crippen LogP contribution in [-0.4, -0.2) is 63.2 Å². The Hall–Kier alpha value is -3.22. The normalized spacial score (nSPS) is 19.7. The highest BCUT2D eigenvalue weighted by Gasteiger charge is 2.48. The maximum atomic E-state index is 12.8. The van der Waals surface area contributed by atoms with Gasteiger partial charge in [0, 0.05) is 25.5 Å². The van der Waals surface area contributed by atoms with E-state index in [2.05, 4.69) is 4.98 Å². The van der Waals surface area contributed by atoms with Gasteiger partial charge in [-0.3, -0.25) is 19.5 Å². The molecule has 1 aromatic carbocycles. The van der Waals surface area contributed by atoms with E-state index < -0.39 is 6.04 Å². The third-order valence-corrected chi connectivity index (χ3v) is 4.79. The predicted octanol–water partition coefficient (Wildman–Crippen LogP) is 1.37. The zero-order valence-electron chi connectivity index (χ0n) is 14.1. The number of hydrogen-bond acceptors (Lipinski definition) is 4. The van der Waals surface area contributed by atoms with E-state index in [1.54, 1.807) is 28.1 Å². The summed E-state index contributed by atoms with van der Waals surface area (Å²) in [5.74, 6) is -0.415. The number of piperazine rings is 1. The Morgan fingerprint density at radius 1 is 1.08 bits per heavy atom. The van der Waals surface area contributed by atoms with Crippen molar-refractivity contribution in [2.75, 3.05) is 19.6 Å². The molecule has 26 heavy (non-hydrogen) atoms. The minimum atomic E-state index is -0.611. The van der Waals surface area contributed by atoms with Gasteiger partial charge < -0.3 is 9.80 Å². The Kier molecular flexibility index (Phi) is 4.12. The third kappa shape index (κ3) is 2.81. The van der Waals surface area contributed by atoms with Crippen molar-refractivity contribution in [3.8, 4) is 0 Å². The molecular weight excluding hydrogens is 332 g/mol. The molecule has 4 amide bonds. The van der Waals surface area contributed by atoms with Crippen LogP contribution in [0.3, 0.4) is 0 Å². The summed E-state index contributed by atoms with van der Waals surface area (Å²) in [5, 5.41) is 0. The molecule has 1 atom stereocenters. The number of carbonyl (C=O) groups excluding carboxylic acids is 3. The number of carbonyl (C=O) groups is 3. The van der Waals surface area contributed by atoms with E-state index in [4.69, 9.17) is 0 Å². The van der Waals surface area contributed by atoms with E-state index >= 15 is 0 Å². The predicted molar refractivity (Wildman–Crippen MR) is 93.0 cm³/mol. The van der Waals surface area contributed by atoms with Gasteiger partial charge >= 0.3 is 6.03 Å². The lowest BCUT2D eigenvalue weighted by molar-refractivity contribution is -0.129. The van der Waals surface area contributed by atoms with E-state index in [1.807, 2.05) is 30.3 Å². The molecule has 2 saturated heterocycles. The Bertz CT molecular complexity index is 840. The van der Waals surface area contributed by atoms with Crippen molar-refractivity contribution in [2.24, 2.45) is 0 Å². The lowest BCUT2D eigenvalue weighted by Crippen LogP contribution is -2.54. The van der Waals surface area contributed by atoms with Crippen molar-refractivity contribution in [1.82, 2.24) is 19.7 Å². The molecule has 0 N–H and O–H groups in total. The molecule has 2 aromatic rings. The Morgan fingerprint density at radius 3 is 2.62 bits per heavy atom. The highest BCUT2D eigenvalue weighted by molar-refractivity contribution is 6.05. The summed E-state index contributed by atoms with van der Waals surface area (Å²) in [4.78, 5) is 46.4. The third-order valence-electron chi connectivity index (χ3n) is 4.79. The van der Waals surface area contributed by atoms with E-state index in [-0.39, 0.29) is 30.9 Å². The number of rotatable bonds is 3. The second-order valence-electron chi connectivity index (χ2n) is 6.39. The fraction of sp³-hybridized carbons (Fsp3) is 0.263. The molecule has 0 radical (unpaired) electrons. The zero-order chi connectivity index (χ0) is 18.1. The molecule has 2 aliphatic heterocycles. The fourth-order valence-electron chi connectivity index (χ4n) is 3.42. The summed E-state index contributed by atoms with van der Waals surface area (Å²) in [5.41, 5.74) is 1.39. The van der Waals surface area contributed by atoms with E-state index in [1.165, 1.54) is 11.1 Å². The summed E-state index contributed by atoms with van der Waals surface area (Å²) in [6.07, 6.45) is 3.12. The molecule has 0 unspecified atom stereocenters. The van der Waals surface area contributed by atoms with E-state index in [0.29, 0.717) is 18.7 Å². The molecule has 0 aliphatic carbocycles. The topological polar surface area (TPSA) is 73.8 Å². The van der Waals surface area contributed by atoms with Gasteiger partial charge in [0.2, 0.25) is 0 Å². The van der Waals surface area contributed by atoms with Crippen molar-refractivity contribution in [2.45, 2.75) is 12.6 Å². The quantitative estimate of drug-likeness (QED) is 0.784. The number of fused-ring (bicyclic) bond motifs is 1. The number of amides is 4. The number of hydrogen-bond donors (Lipinski definition) is 0. The molecule has 0 saturated carbocycles. The SMILES string of the molecule is O=C(c1cccnc1)N1CCN2C(=O)N(Cc3ccccc3)C(=O)[C@H]2C1. The molecule has 3 heterocycles. The molecule has 7 nitrogen and oxygen atoms in total. The van der Waals surface area contributed by atoms with Gasteiger partial charge in [-0.1, -0.05) is 30.3 Å². The van der Waals surface area contributed by atoms with Crippen molar-refractivity contribution >= 4 is 17.8 Å². The van der Waals surface area contributed by atoms with Crippen LogP contribution in [0.5, 0.6) is 0 Å². The number of imide groups is 1. The summed E-state index contributed by atoms with van der Waals surface area (Å²) >= 11 is 0. The van der Waals surface area contributed by atoms with Crippen LogP contribution in [0.15, 0.2) is 54.9 Å². The number of benzene rings is 1. The second kappa shape index (κ2) is 6.59. The molecule has 1 aromatic heterocycles. The van der Waals surface area contributed by atoms with Gasteiger partial charge in [0.05, 0.1) is 18.7 Å². The smallest absolute Gasteiger partial charge is 0.327 e. The minimum Gasteiger partial charge on any atom is -0.334 e. The molecule has 0 spiro atoms. The Labute approximate surface area is 150 Å². The molecule has 7 heteroatoms. The summed E-state index contributed by atoms with van der Waals surface area (Å²) in [6, 6.07) is 11.9. The summed E-state index contributed by atoms with van der Waals surface area (Å²) in [6.45, 7) is 1.22. The van der Waals surface area contributed by atoms with Gasteiger partial charge in [-0.25, -0.2) is 4.79 Å². The van der Waals surface area contributed by atoms with Crippen LogP contribution in [0.4, 0.5) is 4.79 Å². The fourth-order valence-corrected chi connectivity index (χ4v) is 3.42. The number of urea groups is 1. The van der Waals surface area contributed by atoms with Crippen molar-refractivity contribution in [3.05, 3.63) is 66.0 Å². The van der Waals surface area contributed by atoms with E-state index in [9.17, 15) is 14.4 Å². The Morgan fingerprint density at radius 2 is 1.88 bits per heavy atom. The zero-order valence-corrected chi connectivity index (χ0v) is 14.1. The molecular formula is C19H18N4O3. The first-order valence-electron chi connectivity index (χ1n) is 8.50. The average Bonchev–Trinajstić information content (AvgIpc) is 2.93. The second-order valence-corrected chi connectivity index (χ2v) is 6.39. The van der Waals surface area contributed by atoms with Gasteiger partial charge in [-0.2, -0.15) is 0 Å². The first-order chi connectivity index (χ1) is 12.6. The lowest BCUT2D eigenvalue weighted by atomic mass is 10.1. The standard InChI is InChI=1S/C19H18N4O3/c24-17(15-7-4-8-20-11-15)21-9-10-22-16(13-21)18(25)23(19(22)26)12-14-5-2-1-3-6-14/h1-8,11,16H,9-10,12-13H2/t16-/m1/s1. The molecule has 4 rings (SSSR count). The summed E-state index contributed by atoms with van der Waals surface area (Å²) in [7, 11) is 0. The molecule has 2 fully saturated rings. The van der Waals surface area contributed by atoms with Crippen LogP contribution in [0.25, 0.3) is 0 Å². The van der Waals surface area contributed by atoms with Crippen molar-refractivity contribution in [3.63, 3.8) is 0 Å². The monoisotopic (exact) mass is 350 g/mol. The Balaban J connectivity index is 1.50. The number of nitrogens with zero attached hydrogens (tertiary/aromatic N) is 4. The van der Waals surface area contributed by atoms with Gasteiger partial charge in [0.15, 0.2) is 0 Å². The van der Waals surface area contributed by atoms with Crippen LogP contribution in [0.2, 0.25) is 0 Å².